The largest absolute Gasteiger partial charge is 0.494 e. The number of fused-ring (bicyclic) bond motifs is 4. The molecule has 2 unspecified atom stereocenters. The normalized spacial score (nSPS) is 19.0. The Kier molecular flexibility index (Phi) is 12.2. The number of likely N-dealkylation sites (tertiary alicyclic amines) is 2. The number of alkyl carbamates (subject to hydrolysis) is 1. The van der Waals surface area contributed by atoms with Crippen molar-refractivity contribution in [1.82, 2.24) is 43.4 Å². The van der Waals surface area contributed by atoms with E-state index in [0.29, 0.717) is 47.8 Å². The second-order valence-corrected chi connectivity index (χ2v) is 23.3. The lowest BCUT2D eigenvalue weighted by atomic mass is 9.88. The summed E-state index contributed by atoms with van der Waals surface area (Å²) in [4.78, 5) is 56.0. The van der Waals surface area contributed by atoms with Gasteiger partial charge < -0.3 is 53.3 Å². The molecule has 0 radical (unpaired) electrons. The molecule has 73 heavy (non-hydrogen) atoms. The maximum absolute atomic E-state index is 13.8. The van der Waals surface area contributed by atoms with E-state index in [1.54, 1.807) is 36.9 Å². The topological polar surface area (TPSA) is 169 Å². The van der Waals surface area contributed by atoms with Crippen molar-refractivity contribution in [3.63, 3.8) is 0 Å². The van der Waals surface area contributed by atoms with E-state index in [0.717, 1.165) is 84.9 Å². The molecular weight excluding hydrogens is 961 g/mol. The number of hydrogen-bond acceptors (Lipinski definition) is 11. The molecule has 18 heteroatoms. The zero-order chi connectivity index (χ0) is 51.3. The first-order valence-electron chi connectivity index (χ1n) is 25.6. The van der Waals surface area contributed by atoms with E-state index >= 15 is 0 Å². The fraction of sp³-hybridized carbons (Fsp3) is 0.473. The van der Waals surface area contributed by atoms with Gasteiger partial charge in [0.1, 0.15) is 37.8 Å². The SMILES string of the molecule is CCn1c(-c2nc3cc(C(=O)N4CCC5(CC5)C(N)C4)cc(OC)c3n2C)cc2ccsc21.CCn1c(-c2nc3cc(C(=O)N4CCC5(CC5)C(NC(=O)OC(C)(C)C)C4)cc(OC)c3n2C)cc2ccsc21. The molecule has 2 saturated heterocycles. The number of methoxy groups -OCH3 is 2. The first kappa shape index (κ1) is 48.9. The fourth-order valence-electron chi connectivity index (χ4n) is 11.6. The van der Waals surface area contributed by atoms with Crippen LogP contribution in [0.15, 0.2) is 59.3 Å². The number of nitrogens with one attached hydrogen (secondary N) is 1. The number of aryl methyl sites for hydroxylation is 4. The fourth-order valence-corrected chi connectivity index (χ4v) is 13.5. The van der Waals surface area contributed by atoms with Crippen LogP contribution < -0.4 is 20.5 Å². The Morgan fingerprint density at radius 3 is 1.59 bits per heavy atom. The molecule has 3 N–H and O–H groups in total. The molecule has 0 bridgehead atoms. The van der Waals surface area contributed by atoms with E-state index in [2.05, 4.69) is 67.9 Å². The summed E-state index contributed by atoms with van der Waals surface area (Å²) in [6.45, 7) is 14.0. The molecule has 4 fully saturated rings. The zero-order valence-corrected chi connectivity index (χ0v) is 45.0. The molecule has 2 saturated carbocycles. The molecule has 16 nitrogen and oxygen atoms in total. The number of thiophene rings is 2. The molecular formula is C55H66N10O6S2. The van der Waals surface area contributed by atoms with Gasteiger partial charge in [-0.05, 0) is 143 Å². The third-order valence-corrected chi connectivity index (χ3v) is 18.0. The molecule has 2 aliphatic carbocycles. The first-order chi connectivity index (χ1) is 35.0. The van der Waals surface area contributed by atoms with Crippen molar-refractivity contribution in [3.05, 3.63) is 70.4 Å². The number of ether oxygens (including phenoxy) is 3. The van der Waals surface area contributed by atoms with Crippen molar-refractivity contribution >= 4 is 83.1 Å². The van der Waals surface area contributed by atoms with Crippen molar-refractivity contribution in [2.45, 2.75) is 104 Å². The molecule has 2 spiro atoms. The van der Waals surface area contributed by atoms with E-state index in [-0.39, 0.29) is 34.7 Å². The van der Waals surface area contributed by atoms with Crippen molar-refractivity contribution in [2.24, 2.45) is 30.7 Å². The summed E-state index contributed by atoms with van der Waals surface area (Å²) in [7, 11) is 7.27. The molecule has 2 aliphatic heterocycles. The number of hydrogen-bond donors (Lipinski definition) is 2. The van der Waals surface area contributed by atoms with Gasteiger partial charge in [-0.25, -0.2) is 14.8 Å². The summed E-state index contributed by atoms with van der Waals surface area (Å²) < 4.78 is 25.7. The Labute approximate surface area is 433 Å². The summed E-state index contributed by atoms with van der Waals surface area (Å²) in [6.07, 6.45) is 5.94. The highest BCUT2D eigenvalue weighted by Gasteiger charge is 2.54. The lowest BCUT2D eigenvalue weighted by Gasteiger charge is -2.39. The third-order valence-electron chi connectivity index (χ3n) is 16.1. The molecule has 2 atom stereocenters. The Hall–Kier alpha value is -6.37. The molecule has 3 amide bonds. The maximum Gasteiger partial charge on any atom is 0.407 e. The lowest BCUT2D eigenvalue weighted by Crippen LogP contribution is -2.55. The Morgan fingerprint density at radius 1 is 0.699 bits per heavy atom. The predicted molar refractivity (Wildman–Crippen MR) is 289 cm³/mol. The van der Waals surface area contributed by atoms with E-state index in [1.807, 2.05) is 73.5 Å². The summed E-state index contributed by atoms with van der Waals surface area (Å²) in [5.41, 5.74) is 12.7. The van der Waals surface area contributed by atoms with Crippen LogP contribution in [-0.4, -0.2) is 114 Å². The smallest absolute Gasteiger partial charge is 0.407 e. The first-order valence-corrected chi connectivity index (χ1v) is 27.3. The molecule has 4 aliphatic rings. The quantitative estimate of drug-likeness (QED) is 0.143. The van der Waals surface area contributed by atoms with Crippen LogP contribution in [-0.2, 0) is 31.9 Å². The maximum atomic E-state index is 13.8. The number of carbonyl (C=O) groups is 3. The summed E-state index contributed by atoms with van der Waals surface area (Å²) in [5, 5.41) is 9.72. The van der Waals surface area contributed by atoms with Crippen molar-refractivity contribution < 1.29 is 28.6 Å². The van der Waals surface area contributed by atoms with E-state index in [4.69, 9.17) is 29.9 Å². The second-order valence-electron chi connectivity index (χ2n) is 21.5. The minimum Gasteiger partial charge on any atom is -0.494 e. The third kappa shape index (κ3) is 8.52. The van der Waals surface area contributed by atoms with E-state index < -0.39 is 11.7 Å². The zero-order valence-electron chi connectivity index (χ0n) is 43.3. The van der Waals surface area contributed by atoms with Gasteiger partial charge >= 0.3 is 6.09 Å². The van der Waals surface area contributed by atoms with Gasteiger partial charge in [0.05, 0.1) is 42.7 Å². The number of amides is 3. The van der Waals surface area contributed by atoms with Crippen LogP contribution in [0.4, 0.5) is 4.79 Å². The van der Waals surface area contributed by atoms with Gasteiger partial charge in [-0.2, -0.15) is 0 Å². The highest BCUT2D eigenvalue weighted by molar-refractivity contribution is 7.17. The number of benzene rings is 2. The number of rotatable bonds is 9. The molecule has 6 aromatic heterocycles. The van der Waals surface area contributed by atoms with Crippen LogP contribution in [0.1, 0.15) is 93.9 Å². The van der Waals surface area contributed by atoms with E-state index in [9.17, 15) is 14.4 Å². The average molecular weight is 1030 g/mol. The number of carbonyl (C=O) groups excluding carboxylic acids is 3. The Morgan fingerprint density at radius 2 is 1.16 bits per heavy atom. The van der Waals surface area contributed by atoms with Crippen LogP contribution in [0.5, 0.6) is 11.5 Å². The van der Waals surface area contributed by atoms with Gasteiger partial charge in [-0.1, -0.05) is 0 Å². The van der Waals surface area contributed by atoms with Gasteiger partial charge in [0.15, 0.2) is 11.6 Å². The van der Waals surface area contributed by atoms with E-state index in [1.165, 1.54) is 33.3 Å². The molecule has 8 aromatic rings. The second kappa shape index (κ2) is 18.2. The van der Waals surface area contributed by atoms with Crippen molar-refractivity contribution in [1.29, 1.82) is 0 Å². The van der Waals surface area contributed by atoms with Crippen molar-refractivity contribution in [2.75, 3.05) is 40.4 Å². The summed E-state index contributed by atoms with van der Waals surface area (Å²) in [6, 6.07) is 16.0. The van der Waals surface area contributed by atoms with Gasteiger partial charge in [0.2, 0.25) is 0 Å². The monoisotopic (exact) mass is 1030 g/mol. The van der Waals surface area contributed by atoms with Crippen LogP contribution in [0.2, 0.25) is 0 Å². The lowest BCUT2D eigenvalue weighted by molar-refractivity contribution is 0.0380. The van der Waals surface area contributed by atoms with Gasteiger partial charge in [0.25, 0.3) is 11.8 Å². The standard InChI is InChI=1S/C30H37N5O4S.C25H29N5O2S/c1-7-35-21(15-18-8-13-40-27(18)35)25-31-20-14-19(16-22(38-6)24(20)33(25)5)26(36)34-12-11-30(9-10-30)23(17-34)32-28(37)39-29(2,3)4;1-4-30-18(12-15-5-10-33-24(15)30)22-27-17-11-16(13-19(32-3)21(17)28(22)2)23(31)29-9-8-25(6-7-25)20(26)14-29/h8,13-16,23H,7,9-12,17H2,1-6H3,(H,32,37);5,10-13,20H,4,6-9,14,26H2,1-3H3. The highest BCUT2D eigenvalue weighted by Crippen LogP contribution is 2.54. The molecule has 2 aromatic carbocycles. The average Bonchev–Trinajstić information content (AvgIpc) is 3.82. The molecule has 384 valence electrons. The van der Waals surface area contributed by atoms with Gasteiger partial charge in [0, 0.05) is 81.3 Å². The number of nitrogens with two attached hydrogens (primary N) is 1. The minimum atomic E-state index is -0.577. The molecule has 12 rings (SSSR count). The predicted octanol–water partition coefficient (Wildman–Crippen LogP) is 10.0. The Bertz CT molecular complexity index is 3470. The van der Waals surface area contributed by atoms with Crippen molar-refractivity contribution in [3.8, 4) is 34.5 Å². The van der Waals surface area contributed by atoms with Gasteiger partial charge in [-0.15, -0.1) is 22.7 Å². The molecule has 8 heterocycles. The highest BCUT2D eigenvalue weighted by atomic mass is 32.1. The Balaban J connectivity index is 0.000000160. The summed E-state index contributed by atoms with van der Waals surface area (Å²) >= 11 is 3.47. The number of nitrogens with zero attached hydrogens (tertiary/aromatic N) is 8. The van der Waals surface area contributed by atoms with Gasteiger partial charge in [-0.3, -0.25) is 9.59 Å². The van der Waals surface area contributed by atoms with Crippen LogP contribution >= 0.6 is 22.7 Å². The van der Waals surface area contributed by atoms with Crippen LogP contribution in [0, 0.1) is 10.8 Å². The summed E-state index contributed by atoms with van der Waals surface area (Å²) in [5.74, 6) is 2.89. The number of piperidine rings is 2. The minimum absolute atomic E-state index is 0.00537. The van der Waals surface area contributed by atoms with Crippen LogP contribution in [0.3, 0.4) is 0 Å². The van der Waals surface area contributed by atoms with Crippen LogP contribution in [0.25, 0.3) is 65.5 Å². The number of aromatic nitrogens is 6. The number of imidazole rings is 2.